The first-order chi connectivity index (χ1) is 25.1. The van der Waals surface area contributed by atoms with Gasteiger partial charge in [0.05, 0.1) is 11.4 Å². The Labute approximate surface area is 298 Å². The molecule has 0 fully saturated rings. The van der Waals surface area contributed by atoms with Gasteiger partial charge in [0.1, 0.15) is 11.3 Å². The summed E-state index contributed by atoms with van der Waals surface area (Å²) in [7, 11) is 0. The summed E-state index contributed by atoms with van der Waals surface area (Å²) in [4.78, 5) is 10.7. The Morgan fingerprint density at radius 1 is 0.569 bits per heavy atom. The summed E-state index contributed by atoms with van der Waals surface area (Å²) in [6, 6.07) is 55.6. The van der Waals surface area contributed by atoms with E-state index in [9.17, 15) is 0 Å². The van der Waals surface area contributed by atoms with Crippen LogP contribution in [0.5, 0.6) is 0 Å². The molecule has 1 aromatic heterocycles. The molecule has 1 aliphatic carbocycles. The molecule has 1 aliphatic heterocycles. The van der Waals surface area contributed by atoms with Crippen molar-refractivity contribution in [1.29, 1.82) is 0 Å². The maximum absolute atomic E-state index is 6.72. The van der Waals surface area contributed by atoms with Gasteiger partial charge >= 0.3 is 0 Å². The predicted octanol–water partition coefficient (Wildman–Crippen LogP) is 12.2. The standard InChI is InChI=1S/C48H36N2O/c1-48(39-31-37(33-16-6-2-7-17-33)30-38(32-39)34-18-8-3-9-19-34)29-15-26-44-46(48)45-40(24-14-25-43(45)51-44)47-49-41(35-20-10-4-11-21-35)27-28-42(50-47)36-22-12-5-13-23-36/h2-27,30-32H,28-29H2,1H3. The summed E-state index contributed by atoms with van der Waals surface area (Å²) in [5.41, 5.74) is 12.7. The van der Waals surface area contributed by atoms with E-state index in [4.69, 9.17) is 14.4 Å². The smallest absolute Gasteiger partial charge is 0.160 e. The van der Waals surface area contributed by atoms with Crippen LogP contribution in [-0.2, 0) is 5.41 Å². The first-order valence-electron chi connectivity index (χ1n) is 17.6. The third kappa shape index (κ3) is 5.67. The van der Waals surface area contributed by atoms with Crippen molar-refractivity contribution in [2.24, 2.45) is 9.98 Å². The molecule has 1 atom stereocenters. The van der Waals surface area contributed by atoms with Crippen LogP contribution in [0.2, 0.25) is 0 Å². The lowest BCUT2D eigenvalue weighted by Crippen LogP contribution is -2.26. The highest BCUT2D eigenvalue weighted by atomic mass is 16.3. The van der Waals surface area contributed by atoms with Crippen LogP contribution in [0.3, 0.4) is 0 Å². The van der Waals surface area contributed by atoms with Crippen molar-refractivity contribution < 1.29 is 4.42 Å². The second kappa shape index (κ2) is 12.9. The second-order valence-corrected chi connectivity index (χ2v) is 13.5. The maximum Gasteiger partial charge on any atom is 0.160 e. The lowest BCUT2D eigenvalue weighted by Gasteiger charge is -2.33. The molecule has 0 spiro atoms. The number of furan rings is 1. The molecule has 244 valence electrons. The first kappa shape index (κ1) is 30.7. The maximum atomic E-state index is 6.72. The number of hydrogen-bond acceptors (Lipinski definition) is 3. The SMILES string of the molecule is CC1(c2cc(-c3ccccc3)cc(-c3ccccc3)c2)CC=Cc2oc3cccc(C4=NC(c5ccccc5)=CCC(c5ccccc5)=N4)c3c21. The lowest BCUT2D eigenvalue weighted by atomic mass is 9.69. The van der Waals surface area contributed by atoms with Crippen molar-refractivity contribution >= 4 is 34.3 Å². The molecule has 0 amide bonds. The molecule has 0 radical (unpaired) electrons. The van der Waals surface area contributed by atoms with Gasteiger partial charge in [-0.1, -0.05) is 165 Å². The number of aliphatic imine (C=N–C) groups is 2. The number of amidine groups is 1. The first-order valence-corrected chi connectivity index (χ1v) is 17.6. The zero-order valence-corrected chi connectivity index (χ0v) is 28.5. The summed E-state index contributed by atoms with van der Waals surface area (Å²) < 4.78 is 6.72. The van der Waals surface area contributed by atoms with E-state index in [2.05, 4.69) is 171 Å². The molecule has 1 unspecified atom stereocenters. The Hall–Kier alpha value is -6.32. The average Bonchev–Trinajstić information content (AvgIpc) is 3.46. The molecule has 9 rings (SSSR count). The van der Waals surface area contributed by atoms with Gasteiger partial charge in [0, 0.05) is 28.3 Å². The van der Waals surface area contributed by atoms with Gasteiger partial charge in [-0.3, -0.25) is 0 Å². The summed E-state index contributed by atoms with van der Waals surface area (Å²) >= 11 is 0. The van der Waals surface area contributed by atoms with Crippen molar-refractivity contribution in [2.45, 2.75) is 25.2 Å². The highest BCUT2D eigenvalue weighted by molar-refractivity contribution is 6.19. The minimum absolute atomic E-state index is 0.394. The van der Waals surface area contributed by atoms with Gasteiger partial charge in [0.2, 0.25) is 0 Å². The Balaban J connectivity index is 1.28. The number of fused-ring (bicyclic) bond motifs is 3. The van der Waals surface area contributed by atoms with Crippen LogP contribution in [0, 0.1) is 0 Å². The summed E-state index contributed by atoms with van der Waals surface area (Å²) in [5.74, 6) is 1.58. The van der Waals surface area contributed by atoms with Crippen molar-refractivity contribution in [3.63, 3.8) is 0 Å². The van der Waals surface area contributed by atoms with Crippen LogP contribution < -0.4 is 0 Å². The average molecular weight is 657 g/mol. The van der Waals surface area contributed by atoms with Crippen molar-refractivity contribution in [3.8, 4) is 22.3 Å². The highest BCUT2D eigenvalue weighted by Gasteiger charge is 2.38. The van der Waals surface area contributed by atoms with Gasteiger partial charge in [-0.15, -0.1) is 0 Å². The van der Waals surface area contributed by atoms with Crippen molar-refractivity contribution in [2.75, 3.05) is 0 Å². The van der Waals surface area contributed by atoms with Crippen LogP contribution in [0.4, 0.5) is 0 Å². The number of nitrogens with zero attached hydrogens (tertiary/aromatic N) is 2. The normalized spacial score (nSPS) is 16.9. The summed E-state index contributed by atoms with van der Waals surface area (Å²) in [5, 5.41) is 1.06. The van der Waals surface area contributed by atoms with E-state index in [0.29, 0.717) is 12.3 Å². The largest absolute Gasteiger partial charge is 0.456 e. The third-order valence-corrected chi connectivity index (χ3v) is 10.2. The topological polar surface area (TPSA) is 37.9 Å². The predicted molar refractivity (Wildman–Crippen MR) is 212 cm³/mol. The van der Waals surface area contributed by atoms with Gasteiger partial charge in [-0.25, -0.2) is 9.98 Å². The fourth-order valence-corrected chi connectivity index (χ4v) is 7.60. The van der Waals surface area contributed by atoms with Crippen LogP contribution in [0.1, 0.15) is 53.3 Å². The van der Waals surface area contributed by atoms with Crippen LogP contribution in [0.25, 0.3) is 45.0 Å². The molecule has 0 saturated carbocycles. The van der Waals surface area contributed by atoms with Crippen molar-refractivity contribution in [3.05, 3.63) is 203 Å². The van der Waals surface area contributed by atoms with E-state index < -0.39 is 5.41 Å². The fraction of sp³-hybridized carbons (Fsp3) is 0.0833. The lowest BCUT2D eigenvalue weighted by molar-refractivity contribution is 0.535. The monoisotopic (exact) mass is 656 g/mol. The van der Waals surface area contributed by atoms with Crippen LogP contribution in [-0.4, -0.2) is 11.5 Å². The molecular weight excluding hydrogens is 621 g/mol. The molecular formula is C48H36N2O. The molecule has 2 heterocycles. The Kier molecular flexibility index (Phi) is 7.74. The van der Waals surface area contributed by atoms with E-state index in [1.54, 1.807) is 0 Å². The quantitative estimate of drug-likeness (QED) is 0.175. The summed E-state index contributed by atoms with van der Waals surface area (Å²) in [6.07, 6.45) is 8.10. The number of benzene rings is 6. The van der Waals surface area contributed by atoms with Crippen LogP contribution >= 0.6 is 0 Å². The molecule has 7 aromatic rings. The molecule has 3 nitrogen and oxygen atoms in total. The van der Waals surface area contributed by atoms with Gasteiger partial charge < -0.3 is 4.42 Å². The fourth-order valence-electron chi connectivity index (χ4n) is 7.60. The number of hydrogen-bond donors (Lipinski definition) is 0. The van der Waals surface area contributed by atoms with E-state index in [-0.39, 0.29) is 0 Å². The molecule has 0 N–H and O–H groups in total. The van der Waals surface area contributed by atoms with Gasteiger partial charge in [0.15, 0.2) is 5.84 Å². The van der Waals surface area contributed by atoms with Gasteiger partial charge in [-0.05, 0) is 63.6 Å². The molecule has 0 saturated heterocycles. The van der Waals surface area contributed by atoms with Crippen LogP contribution in [0.15, 0.2) is 184 Å². The van der Waals surface area contributed by atoms with E-state index >= 15 is 0 Å². The minimum atomic E-state index is -0.394. The van der Waals surface area contributed by atoms with Crippen molar-refractivity contribution in [1.82, 2.24) is 0 Å². The Morgan fingerprint density at radius 3 is 1.78 bits per heavy atom. The van der Waals surface area contributed by atoms with E-state index in [1.165, 1.54) is 33.4 Å². The molecule has 51 heavy (non-hydrogen) atoms. The zero-order chi connectivity index (χ0) is 34.2. The van der Waals surface area contributed by atoms with E-state index in [1.807, 2.05) is 12.1 Å². The Morgan fingerprint density at radius 2 is 1.16 bits per heavy atom. The molecule has 3 heteroatoms. The minimum Gasteiger partial charge on any atom is -0.456 e. The van der Waals surface area contributed by atoms with Gasteiger partial charge in [0.25, 0.3) is 0 Å². The Bertz CT molecular complexity index is 2450. The molecule has 6 aromatic carbocycles. The number of rotatable bonds is 6. The second-order valence-electron chi connectivity index (χ2n) is 13.5. The zero-order valence-electron chi connectivity index (χ0n) is 28.5. The molecule has 2 aliphatic rings. The third-order valence-electron chi connectivity index (χ3n) is 10.2. The molecule has 0 bridgehead atoms. The van der Waals surface area contributed by atoms with Gasteiger partial charge in [-0.2, -0.15) is 0 Å². The number of allylic oxidation sites excluding steroid dienone is 2. The summed E-state index contributed by atoms with van der Waals surface area (Å²) in [6.45, 7) is 2.36. The highest BCUT2D eigenvalue weighted by Crippen LogP contribution is 2.49. The van der Waals surface area contributed by atoms with E-state index in [0.717, 1.165) is 51.2 Å².